The lowest BCUT2D eigenvalue weighted by Gasteiger charge is -2.35. The third kappa shape index (κ3) is 1.36. The summed E-state index contributed by atoms with van der Waals surface area (Å²) in [6.07, 6.45) is 2.72. The highest BCUT2D eigenvalue weighted by atomic mass is 16.5. The van der Waals surface area contributed by atoms with Crippen LogP contribution in [-0.4, -0.2) is 12.6 Å². The highest BCUT2D eigenvalue weighted by molar-refractivity contribution is 5.55. The first kappa shape index (κ1) is 9.22. The maximum Gasteiger partial charge on any atom is 0.0893 e. The lowest BCUT2D eigenvalue weighted by molar-refractivity contribution is 0.0826. The monoisotopic (exact) mass is 203 g/mol. The van der Waals surface area contributed by atoms with Crippen LogP contribution < -0.4 is 5.32 Å². The van der Waals surface area contributed by atoms with Gasteiger partial charge in [0, 0.05) is 29.8 Å². The van der Waals surface area contributed by atoms with E-state index in [4.69, 9.17) is 4.74 Å². The number of benzene rings is 1. The van der Waals surface area contributed by atoms with Crippen LogP contribution in [0.4, 0.5) is 5.69 Å². The van der Waals surface area contributed by atoms with Crippen molar-refractivity contribution in [2.75, 3.05) is 11.9 Å². The van der Waals surface area contributed by atoms with Gasteiger partial charge in [0.05, 0.1) is 6.10 Å². The molecule has 2 nitrogen and oxygen atoms in total. The molecule has 3 atom stereocenters. The van der Waals surface area contributed by atoms with E-state index in [0.717, 1.165) is 6.61 Å². The van der Waals surface area contributed by atoms with Crippen LogP contribution >= 0.6 is 0 Å². The van der Waals surface area contributed by atoms with Gasteiger partial charge in [-0.25, -0.2) is 0 Å². The number of nitrogens with one attached hydrogen (secondary N) is 1. The Labute approximate surface area is 90.6 Å². The predicted octanol–water partition coefficient (Wildman–Crippen LogP) is 2.97. The normalized spacial score (nSPS) is 33.0. The molecule has 15 heavy (non-hydrogen) atoms. The van der Waals surface area contributed by atoms with Gasteiger partial charge in [-0.05, 0) is 18.9 Å². The Hall–Kier alpha value is -1.02. The number of para-hydroxylation sites is 1. The molecule has 2 aliphatic heterocycles. The zero-order valence-electron chi connectivity index (χ0n) is 9.07. The van der Waals surface area contributed by atoms with Gasteiger partial charge in [-0.2, -0.15) is 0 Å². The Kier molecular flexibility index (Phi) is 2.17. The topological polar surface area (TPSA) is 21.3 Å². The third-order valence-electron chi connectivity index (χ3n) is 3.70. The Morgan fingerprint density at radius 1 is 1.40 bits per heavy atom. The second-order valence-corrected chi connectivity index (χ2v) is 4.49. The zero-order chi connectivity index (χ0) is 10.3. The standard InChI is InChI=1S/C13H17NO/c1-2-11-10-7-8-15-13(10)9-5-3-4-6-12(9)14-11/h3-6,10-11,13-14H,2,7-8H2,1H3/t10-,11-,13-/m0/s1. The van der Waals surface area contributed by atoms with E-state index < -0.39 is 0 Å². The highest BCUT2D eigenvalue weighted by Gasteiger charge is 2.39. The molecule has 1 aromatic carbocycles. The molecule has 0 bridgehead atoms. The van der Waals surface area contributed by atoms with Crippen LogP contribution in [-0.2, 0) is 4.74 Å². The van der Waals surface area contributed by atoms with Crippen molar-refractivity contribution in [1.29, 1.82) is 0 Å². The summed E-state index contributed by atoms with van der Waals surface area (Å²) in [6.45, 7) is 3.17. The SMILES string of the molecule is CC[C@@H]1Nc2ccccc2[C@@H]2OCC[C@@H]12. The Bertz CT molecular complexity index is 363. The minimum Gasteiger partial charge on any atom is -0.382 e. The summed E-state index contributed by atoms with van der Waals surface area (Å²) in [6, 6.07) is 9.14. The zero-order valence-corrected chi connectivity index (χ0v) is 9.07. The minimum atomic E-state index is 0.340. The molecule has 0 spiro atoms. The van der Waals surface area contributed by atoms with Gasteiger partial charge in [0.1, 0.15) is 0 Å². The quantitative estimate of drug-likeness (QED) is 0.757. The van der Waals surface area contributed by atoms with Crippen molar-refractivity contribution in [1.82, 2.24) is 0 Å². The largest absolute Gasteiger partial charge is 0.382 e. The highest BCUT2D eigenvalue weighted by Crippen LogP contribution is 2.44. The maximum atomic E-state index is 5.88. The van der Waals surface area contributed by atoms with E-state index in [2.05, 4.69) is 36.5 Å². The summed E-state index contributed by atoms with van der Waals surface area (Å²) in [5, 5.41) is 3.64. The molecule has 2 heterocycles. The summed E-state index contributed by atoms with van der Waals surface area (Å²) >= 11 is 0. The second kappa shape index (κ2) is 3.53. The molecular formula is C13H17NO. The fourth-order valence-electron chi connectivity index (χ4n) is 2.93. The average molecular weight is 203 g/mol. The van der Waals surface area contributed by atoms with Crippen molar-refractivity contribution in [2.45, 2.75) is 31.9 Å². The predicted molar refractivity (Wildman–Crippen MR) is 60.9 cm³/mol. The number of hydrogen-bond donors (Lipinski definition) is 1. The first-order valence-corrected chi connectivity index (χ1v) is 5.87. The smallest absolute Gasteiger partial charge is 0.0893 e. The fourth-order valence-corrected chi connectivity index (χ4v) is 2.93. The lowest BCUT2D eigenvalue weighted by atomic mass is 9.83. The molecule has 0 saturated carbocycles. The van der Waals surface area contributed by atoms with Gasteiger partial charge >= 0.3 is 0 Å². The van der Waals surface area contributed by atoms with Crippen LogP contribution in [0.2, 0.25) is 0 Å². The van der Waals surface area contributed by atoms with E-state index in [9.17, 15) is 0 Å². The van der Waals surface area contributed by atoms with Gasteiger partial charge in [0.25, 0.3) is 0 Å². The molecule has 1 saturated heterocycles. The number of fused-ring (bicyclic) bond motifs is 3. The van der Waals surface area contributed by atoms with Gasteiger partial charge in [0.15, 0.2) is 0 Å². The molecule has 80 valence electrons. The van der Waals surface area contributed by atoms with Crippen molar-refractivity contribution >= 4 is 5.69 Å². The molecule has 0 unspecified atom stereocenters. The van der Waals surface area contributed by atoms with Crippen LogP contribution in [0.25, 0.3) is 0 Å². The first-order valence-electron chi connectivity index (χ1n) is 5.87. The number of hydrogen-bond acceptors (Lipinski definition) is 2. The van der Waals surface area contributed by atoms with Crippen LogP contribution in [0.5, 0.6) is 0 Å². The lowest BCUT2D eigenvalue weighted by Crippen LogP contribution is -2.35. The Morgan fingerprint density at radius 2 is 2.27 bits per heavy atom. The van der Waals surface area contributed by atoms with E-state index in [-0.39, 0.29) is 0 Å². The van der Waals surface area contributed by atoms with Crippen LogP contribution in [0.3, 0.4) is 0 Å². The van der Waals surface area contributed by atoms with Gasteiger partial charge in [0.2, 0.25) is 0 Å². The molecule has 3 rings (SSSR count). The Morgan fingerprint density at radius 3 is 3.13 bits per heavy atom. The van der Waals surface area contributed by atoms with Crippen molar-refractivity contribution in [3.63, 3.8) is 0 Å². The van der Waals surface area contributed by atoms with Gasteiger partial charge < -0.3 is 10.1 Å². The van der Waals surface area contributed by atoms with Crippen molar-refractivity contribution in [2.24, 2.45) is 5.92 Å². The summed E-state index contributed by atoms with van der Waals surface area (Å²) < 4.78 is 5.88. The molecular weight excluding hydrogens is 186 g/mol. The minimum absolute atomic E-state index is 0.340. The maximum absolute atomic E-state index is 5.88. The first-order chi connectivity index (χ1) is 7.40. The molecule has 1 N–H and O–H groups in total. The Balaban J connectivity index is 2.03. The number of ether oxygens (including phenoxy) is 1. The van der Waals surface area contributed by atoms with Crippen molar-refractivity contribution < 1.29 is 4.74 Å². The number of anilines is 1. The molecule has 1 aromatic rings. The third-order valence-corrected chi connectivity index (χ3v) is 3.70. The van der Waals surface area contributed by atoms with Crippen molar-refractivity contribution in [3.05, 3.63) is 29.8 Å². The van der Waals surface area contributed by atoms with Gasteiger partial charge in [-0.15, -0.1) is 0 Å². The van der Waals surface area contributed by atoms with E-state index in [0.29, 0.717) is 18.1 Å². The summed E-state index contributed by atoms with van der Waals surface area (Å²) in [5.74, 6) is 0.671. The van der Waals surface area contributed by atoms with E-state index in [1.807, 2.05) is 0 Å². The second-order valence-electron chi connectivity index (χ2n) is 4.49. The summed E-state index contributed by atoms with van der Waals surface area (Å²) in [4.78, 5) is 0. The van der Waals surface area contributed by atoms with E-state index in [1.165, 1.54) is 24.1 Å². The average Bonchev–Trinajstić information content (AvgIpc) is 2.77. The fraction of sp³-hybridized carbons (Fsp3) is 0.538. The van der Waals surface area contributed by atoms with Crippen molar-refractivity contribution in [3.8, 4) is 0 Å². The van der Waals surface area contributed by atoms with E-state index >= 15 is 0 Å². The summed E-state index contributed by atoms with van der Waals surface area (Å²) in [5.41, 5.74) is 2.62. The molecule has 2 aliphatic rings. The molecule has 0 radical (unpaired) electrons. The van der Waals surface area contributed by atoms with Gasteiger partial charge in [-0.3, -0.25) is 0 Å². The molecule has 0 aromatic heterocycles. The number of rotatable bonds is 1. The molecule has 2 heteroatoms. The van der Waals surface area contributed by atoms with Crippen LogP contribution in [0.15, 0.2) is 24.3 Å². The van der Waals surface area contributed by atoms with Crippen LogP contribution in [0, 0.1) is 5.92 Å². The van der Waals surface area contributed by atoms with E-state index in [1.54, 1.807) is 0 Å². The molecule has 1 fully saturated rings. The van der Waals surface area contributed by atoms with Gasteiger partial charge in [-0.1, -0.05) is 25.1 Å². The van der Waals surface area contributed by atoms with Crippen LogP contribution in [0.1, 0.15) is 31.4 Å². The molecule has 0 amide bonds. The molecule has 0 aliphatic carbocycles. The summed E-state index contributed by atoms with van der Waals surface area (Å²) in [7, 11) is 0.